The molecule has 2 rings (SSSR count). The van der Waals surface area contributed by atoms with Crippen molar-refractivity contribution in [3.05, 3.63) is 53.1 Å². The molecule has 1 atom stereocenters. The Morgan fingerprint density at radius 2 is 1.88 bits per heavy atom. The third-order valence-corrected chi connectivity index (χ3v) is 3.69. The van der Waals surface area contributed by atoms with E-state index in [0.717, 1.165) is 18.2 Å². The standard InChI is InChI=1S/C17H16F2N2O3/c1-3-9(2)11-7-15(14(19)8-13(11)18)21-20-10-4-5-16(22)12(6-10)17(23)24/h4-9,22H,3H2,1-2H3,(H,23,24)/b21-20+. The van der Waals surface area contributed by atoms with Crippen molar-refractivity contribution in [1.82, 2.24) is 0 Å². The Balaban J connectivity index is 2.39. The summed E-state index contributed by atoms with van der Waals surface area (Å²) in [6.07, 6.45) is 0.680. The molecular weight excluding hydrogens is 318 g/mol. The second-order valence-corrected chi connectivity index (χ2v) is 5.34. The topological polar surface area (TPSA) is 82.2 Å². The zero-order valence-electron chi connectivity index (χ0n) is 13.1. The maximum absolute atomic E-state index is 13.8. The number of carboxylic acid groups (broad SMARTS) is 1. The molecule has 0 spiro atoms. The second kappa shape index (κ2) is 7.16. The third kappa shape index (κ3) is 3.73. The minimum absolute atomic E-state index is 0.105. The molecule has 0 aromatic heterocycles. The third-order valence-electron chi connectivity index (χ3n) is 3.69. The number of phenols is 1. The van der Waals surface area contributed by atoms with Crippen LogP contribution in [-0.2, 0) is 0 Å². The van der Waals surface area contributed by atoms with E-state index in [1.807, 2.05) is 13.8 Å². The van der Waals surface area contributed by atoms with Crippen LogP contribution in [0.5, 0.6) is 5.75 Å². The first kappa shape index (κ1) is 17.5. The van der Waals surface area contributed by atoms with Crippen molar-refractivity contribution >= 4 is 17.3 Å². The second-order valence-electron chi connectivity index (χ2n) is 5.34. The summed E-state index contributed by atoms with van der Waals surface area (Å²) in [4.78, 5) is 11.0. The number of aromatic hydroxyl groups is 1. The highest BCUT2D eigenvalue weighted by molar-refractivity contribution is 5.91. The number of aromatic carboxylic acids is 1. The normalized spacial score (nSPS) is 12.5. The maximum Gasteiger partial charge on any atom is 0.339 e. The van der Waals surface area contributed by atoms with Gasteiger partial charge in [0.15, 0.2) is 5.82 Å². The number of azo groups is 1. The molecular formula is C17H16F2N2O3. The molecule has 24 heavy (non-hydrogen) atoms. The molecule has 126 valence electrons. The van der Waals surface area contributed by atoms with E-state index in [4.69, 9.17) is 5.11 Å². The van der Waals surface area contributed by atoms with Gasteiger partial charge in [0.05, 0.1) is 5.69 Å². The number of carboxylic acids is 1. The Bertz CT molecular complexity index is 807. The van der Waals surface area contributed by atoms with Crippen LogP contribution in [0.15, 0.2) is 40.6 Å². The van der Waals surface area contributed by atoms with Crippen molar-refractivity contribution in [3.8, 4) is 5.75 Å². The molecule has 2 aromatic carbocycles. The lowest BCUT2D eigenvalue weighted by molar-refractivity contribution is 0.0693. The van der Waals surface area contributed by atoms with Crippen LogP contribution in [0.25, 0.3) is 0 Å². The fraction of sp³-hybridized carbons (Fsp3) is 0.235. The SMILES string of the molecule is CCC(C)c1cc(/N=N/c2ccc(O)c(C(=O)O)c2)c(F)cc1F. The van der Waals surface area contributed by atoms with Crippen molar-refractivity contribution in [2.45, 2.75) is 26.2 Å². The Hall–Kier alpha value is -2.83. The zero-order valence-corrected chi connectivity index (χ0v) is 13.1. The summed E-state index contributed by atoms with van der Waals surface area (Å²) in [6, 6.07) is 5.65. The summed E-state index contributed by atoms with van der Waals surface area (Å²) in [7, 11) is 0. The number of halogens is 2. The van der Waals surface area contributed by atoms with Gasteiger partial charge in [-0.05, 0) is 42.2 Å². The molecule has 1 unspecified atom stereocenters. The van der Waals surface area contributed by atoms with Crippen LogP contribution in [0, 0.1) is 11.6 Å². The Kier molecular flexibility index (Phi) is 5.23. The molecule has 0 heterocycles. The number of rotatable bonds is 5. The molecule has 0 bridgehead atoms. The molecule has 5 nitrogen and oxygen atoms in total. The fourth-order valence-electron chi connectivity index (χ4n) is 2.10. The first-order valence-electron chi connectivity index (χ1n) is 7.30. The molecule has 7 heteroatoms. The summed E-state index contributed by atoms with van der Waals surface area (Å²) in [6.45, 7) is 3.70. The predicted octanol–water partition coefficient (Wildman–Crippen LogP) is 5.30. The van der Waals surface area contributed by atoms with Gasteiger partial charge in [-0.25, -0.2) is 13.6 Å². The van der Waals surface area contributed by atoms with E-state index >= 15 is 0 Å². The van der Waals surface area contributed by atoms with Crippen molar-refractivity contribution in [1.29, 1.82) is 0 Å². The average Bonchev–Trinajstić information content (AvgIpc) is 2.54. The summed E-state index contributed by atoms with van der Waals surface area (Å²) in [5.74, 6) is -3.34. The highest BCUT2D eigenvalue weighted by Gasteiger charge is 2.14. The Labute approximate surface area is 137 Å². The molecule has 0 aliphatic carbocycles. The van der Waals surface area contributed by atoms with Gasteiger partial charge in [0.2, 0.25) is 0 Å². The van der Waals surface area contributed by atoms with Crippen LogP contribution in [-0.4, -0.2) is 16.2 Å². The molecule has 2 N–H and O–H groups in total. The minimum Gasteiger partial charge on any atom is -0.507 e. The van der Waals surface area contributed by atoms with Crippen molar-refractivity contribution in [2.75, 3.05) is 0 Å². The fourth-order valence-corrected chi connectivity index (χ4v) is 2.10. The number of nitrogens with zero attached hydrogens (tertiary/aromatic N) is 2. The van der Waals surface area contributed by atoms with E-state index in [1.165, 1.54) is 12.1 Å². The van der Waals surface area contributed by atoms with Gasteiger partial charge in [0.25, 0.3) is 0 Å². The number of hydrogen-bond donors (Lipinski definition) is 2. The lowest BCUT2D eigenvalue weighted by Crippen LogP contribution is -1.97. The van der Waals surface area contributed by atoms with E-state index in [-0.39, 0.29) is 22.9 Å². The molecule has 0 saturated carbocycles. The van der Waals surface area contributed by atoms with Crippen molar-refractivity contribution < 1.29 is 23.8 Å². The van der Waals surface area contributed by atoms with Crippen LogP contribution in [0.2, 0.25) is 0 Å². The molecule has 2 aromatic rings. The highest BCUT2D eigenvalue weighted by atomic mass is 19.1. The lowest BCUT2D eigenvalue weighted by atomic mass is 9.97. The van der Waals surface area contributed by atoms with Crippen LogP contribution in [0.3, 0.4) is 0 Å². The Morgan fingerprint density at radius 3 is 2.50 bits per heavy atom. The van der Waals surface area contributed by atoms with Gasteiger partial charge in [-0.3, -0.25) is 0 Å². The monoisotopic (exact) mass is 334 g/mol. The average molecular weight is 334 g/mol. The summed E-state index contributed by atoms with van der Waals surface area (Å²) >= 11 is 0. The first-order valence-corrected chi connectivity index (χ1v) is 7.30. The minimum atomic E-state index is -1.32. The summed E-state index contributed by atoms with van der Waals surface area (Å²) < 4.78 is 27.7. The van der Waals surface area contributed by atoms with E-state index in [1.54, 1.807) is 0 Å². The molecule has 0 aliphatic heterocycles. The van der Waals surface area contributed by atoms with E-state index in [9.17, 15) is 18.7 Å². The number of hydrogen-bond acceptors (Lipinski definition) is 4. The van der Waals surface area contributed by atoms with Gasteiger partial charge >= 0.3 is 5.97 Å². The summed E-state index contributed by atoms with van der Waals surface area (Å²) in [5.41, 5.74) is -0.0215. The van der Waals surface area contributed by atoms with E-state index < -0.39 is 23.4 Å². The molecule has 0 radical (unpaired) electrons. The molecule has 0 saturated heterocycles. The molecule has 0 aliphatic rings. The van der Waals surface area contributed by atoms with Crippen LogP contribution >= 0.6 is 0 Å². The lowest BCUT2D eigenvalue weighted by Gasteiger charge is -2.11. The van der Waals surface area contributed by atoms with Crippen LogP contribution < -0.4 is 0 Å². The summed E-state index contributed by atoms with van der Waals surface area (Å²) in [5, 5.41) is 25.9. The van der Waals surface area contributed by atoms with Crippen LogP contribution in [0.1, 0.15) is 42.1 Å². The van der Waals surface area contributed by atoms with Gasteiger partial charge in [-0.1, -0.05) is 13.8 Å². The number of benzene rings is 2. The zero-order chi connectivity index (χ0) is 17.9. The van der Waals surface area contributed by atoms with Crippen molar-refractivity contribution in [2.24, 2.45) is 10.2 Å². The van der Waals surface area contributed by atoms with Gasteiger partial charge in [0, 0.05) is 6.07 Å². The maximum atomic E-state index is 13.8. The van der Waals surface area contributed by atoms with Crippen molar-refractivity contribution in [3.63, 3.8) is 0 Å². The Morgan fingerprint density at radius 1 is 1.17 bits per heavy atom. The van der Waals surface area contributed by atoms with Gasteiger partial charge < -0.3 is 10.2 Å². The smallest absolute Gasteiger partial charge is 0.339 e. The van der Waals surface area contributed by atoms with Gasteiger partial charge in [0.1, 0.15) is 22.8 Å². The molecule has 0 amide bonds. The predicted molar refractivity (Wildman–Crippen MR) is 84.3 cm³/mol. The largest absolute Gasteiger partial charge is 0.507 e. The first-order chi connectivity index (χ1) is 11.3. The quantitative estimate of drug-likeness (QED) is 0.728. The van der Waals surface area contributed by atoms with Gasteiger partial charge in [-0.15, -0.1) is 5.11 Å². The van der Waals surface area contributed by atoms with Gasteiger partial charge in [-0.2, -0.15) is 5.11 Å². The number of carbonyl (C=O) groups is 1. The highest BCUT2D eigenvalue weighted by Crippen LogP contribution is 2.30. The molecule has 0 fully saturated rings. The van der Waals surface area contributed by atoms with Crippen LogP contribution in [0.4, 0.5) is 20.2 Å². The van der Waals surface area contributed by atoms with E-state index in [0.29, 0.717) is 12.0 Å². The van der Waals surface area contributed by atoms with E-state index in [2.05, 4.69) is 10.2 Å².